The summed E-state index contributed by atoms with van der Waals surface area (Å²) in [5.41, 5.74) is 3.53. The van der Waals surface area contributed by atoms with Gasteiger partial charge in [-0.05, 0) is 61.2 Å². The van der Waals surface area contributed by atoms with Crippen molar-refractivity contribution in [2.24, 2.45) is 0 Å². The van der Waals surface area contributed by atoms with Gasteiger partial charge in [-0.3, -0.25) is 9.52 Å². The molecule has 0 heterocycles. The zero-order chi connectivity index (χ0) is 17.7. The third-order valence-electron chi connectivity index (χ3n) is 3.50. The molecular weight excluding hydrogens is 324 g/mol. The number of carbonyl (C=O) groups excluding carboxylic acids is 1. The second-order valence-corrected chi connectivity index (χ2v) is 7.54. The van der Waals surface area contributed by atoms with Gasteiger partial charge in [-0.15, -0.1) is 0 Å². The first-order valence-electron chi connectivity index (χ1n) is 7.71. The summed E-state index contributed by atoms with van der Waals surface area (Å²) in [5, 5.41) is 2.71. The number of hydrogen-bond donors (Lipinski definition) is 2. The minimum Gasteiger partial charge on any atom is -0.356 e. The van der Waals surface area contributed by atoms with Gasteiger partial charge in [-0.25, -0.2) is 8.42 Å². The van der Waals surface area contributed by atoms with E-state index in [1.54, 1.807) is 36.4 Å². The van der Waals surface area contributed by atoms with E-state index in [1.165, 1.54) is 6.92 Å². The van der Waals surface area contributed by atoms with E-state index >= 15 is 0 Å². The zero-order valence-electron chi connectivity index (χ0n) is 14.1. The summed E-state index contributed by atoms with van der Waals surface area (Å²) < 4.78 is 27.6. The van der Waals surface area contributed by atoms with E-state index < -0.39 is 10.0 Å². The van der Waals surface area contributed by atoms with Gasteiger partial charge in [0.05, 0.1) is 4.90 Å². The van der Waals surface area contributed by atoms with Gasteiger partial charge in [0.15, 0.2) is 0 Å². The first-order chi connectivity index (χ1) is 11.3. The topological polar surface area (TPSA) is 75.3 Å². The molecule has 128 valence electrons. The summed E-state index contributed by atoms with van der Waals surface area (Å²) in [5.74, 6) is -0.0770. The van der Waals surface area contributed by atoms with Crippen LogP contribution in [0.25, 0.3) is 0 Å². The van der Waals surface area contributed by atoms with E-state index in [4.69, 9.17) is 0 Å². The second kappa shape index (κ2) is 7.49. The van der Waals surface area contributed by atoms with Crippen LogP contribution in [0.4, 0.5) is 5.69 Å². The number of rotatable bonds is 6. The van der Waals surface area contributed by atoms with Crippen LogP contribution in [0, 0.1) is 13.8 Å². The van der Waals surface area contributed by atoms with E-state index in [0.29, 0.717) is 18.7 Å². The Morgan fingerprint density at radius 3 is 2.12 bits per heavy atom. The van der Waals surface area contributed by atoms with Crippen molar-refractivity contribution in [3.05, 3.63) is 59.2 Å². The molecular formula is C18H22N2O3S. The standard InChI is InChI=1S/C18H22N2O3S/c1-13-10-14(2)12-17(11-13)20-24(22,23)18-6-4-16(5-7-18)8-9-19-15(3)21/h4-7,10-12,20H,8-9H2,1-3H3,(H,19,21). The average molecular weight is 346 g/mol. The Morgan fingerprint density at radius 2 is 1.58 bits per heavy atom. The molecule has 0 saturated carbocycles. The van der Waals surface area contributed by atoms with Crippen molar-refractivity contribution >= 4 is 21.6 Å². The molecule has 2 aromatic carbocycles. The normalized spacial score (nSPS) is 11.1. The molecule has 0 saturated heterocycles. The Labute approximate surface area is 143 Å². The Hall–Kier alpha value is -2.34. The molecule has 0 bridgehead atoms. The van der Waals surface area contributed by atoms with Crippen molar-refractivity contribution in [2.75, 3.05) is 11.3 Å². The van der Waals surface area contributed by atoms with Crippen LogP contribution >= 0.6 is 0 Å². The predicted octanol–water partition coefficient (Wildman–Crippen LogP) is 2.78. The minimum atomic E-state index is -3.62. The Balaban J connectivity index is 2.10. The highest BCUT2D eigenvalue weighted by atomic mass is 32.2. The lowest BCUT2D eigenvalue weighted by Crippen LogP contribution is -2.22. The van der Waals surface area contributed by atoms with Crippen molar-refractivity contribution in [3.63, 3.8) is 0 Å². The van der Waals surface area contributed by atoms with E-state index in [-0.39, 0.29) is 10.8 Å². The third-order valence-corrected chi connectivity index (χ3v) is 4.89. The van der Waals surface area contributed by atoms with Gasteiger partial charge in [0.25, 0.3) is 10.0 Å². The van der Waals surface area contributed by atoms with Gasteiger partial charge < -0.3 is 5.32 Å². The van der Waals surface area contributed by atoms with Gasteiger partial charge in [0.2, 0.25) is 5.91 Å². The first kappa shape index (κ1) is 18.0. The van der Waals surface area contributed by atoms with Gasteiger partial charge >= 0.3 is 0 Å². The van der Waals surface area contributed by atoms with Crippen LogP contribution in [0.1, 0.15) is 23.6 Å². The monoisotopic (exact) mass is 346 g/mol. The molecule has 5 nitrogen and oxygen atoms in total. The summed E-state index contributed by atoms with van der Waals surface area (Å²) in [4.78, 5) is 11.1. The van der Waals surface area contributed by atoms with Crippen molar-refractivity contribution in [1.29, 1.82) is 0 Å². The molecule has 0 unspecified atom stereocenters. The van der Waals surface area contributed by atoms with Crippen LogP contribution in [0.15, 0.2) is 47.4 Å². The summed E-state index contributed by atoms with van der Waals surface area (Å²) in [6.45, 7) is 5.85. The molecule has 24 heavy (non-hydrogen) atoms. The van der Waals surface area contributed by atoms with Crippen LogP contribution in [0.5, 0.6) is 0 Å². The summed E-state index contributed by atoms with van der Waals surface area (Å²) >= 11 is 0. The maximum atomic E-state index is 12.5. The summed E-state index contributed by atoms with van der Waals surface area (Å²) in [6, 6.07) is 12.3. The molecule has 2 N–H and O–H groups in total. The van der Waals surface area contributed by atoms with Crippen molar-refractivity contribution in [3.8, 4) is 0 Å². The number of benzene rings is 2. The summed E-state index contributed by atoms with van der Waals surface area (Å²) in [7, 11) is -3.62. The van der Waals surface area contributed by atoms with Crippen molar-refractivity contribution in [2.45, 2.75) is 32.1 Å². The molecule has 0 atom stereocenters. The molecule has 1 amide bonds. The fourth-order valence-electron chi connectivity index (χ4n) is 2.47. The molecule has 0 radical (unpaired) electrons. The Bertz CT molecular complexity index is 808. The fourth-order valence-corrected chi connectivity index (χ4v) is 3.51. The number of amides is 1. The first-order valence-corrected chi connectivity index (χ1v) is 9.19. The zero-order valence-corrected chi connectivity index (χ0v) is 14.9. The number of carbonyl (C=O) groups is 1. The number of aryl methyl sites for hydroxylation is 2. The number of nitrogens with one attached hydrogen (secondary N) is 2. The van der Waals surface area contributed by atoms with Crippen LogP contribution < -0.4 is 10.0 Å². The molecule has 2 rings (SSSR count). The quantitative estimate of drug-likeness (QED) is 0.844. The third kappa shape index (κ3) is 5.09. The lowest BCUT2D eigenvalue weighted by atomic mass is 10.1. The van der Waals surface area contributed by atoms with Crippen molar-refractivity contribution < 1.29 is 13.2 Å². The largest absolute Gasteiger partial charge is 0.356 e. The SMILES string of the molecule is CC(=O)NCCc1ccc(S(=O)(=O)Nc2cc(C)cc(C)c2)cc1. The molecule has 0 spiro atoms. The molecule has 0 fully saturated rings. The highest BCUT2D eigenvalue weighted by molar-refractivity contribution is 7.92. The maximum Gasteiger partial charge on any atom is 0.261 e. The Kier molecular flexibility index (Phi) is 5.62. The lowest BCUT2D eigenvalue weighted by Gasteiger charge is -2.10. The molecule has 0 aliphatic carbocycles. The van der Waals surface area contributed by atoms with E-state index in [9.17, 15) is 13.2 Å². The van der Waals surface area contributed by atoms with Gasteiger partial charge in [0.1, 0.15) is 0 Å². The highest BCUT2D eigenvalue weighted by Gasteiger charge is 2.14. The Morgan fingerprint density at radius 1 is 1.00 bits per heavy atom. The highest BCUT2D eigenvalue weighted by Crippen LogP contribution is 2.19. The van der Waals surface area contributed by atoms with Gasteiger partial charge in [-0.1, -0.05) is 18.2 Å². The van der Waals surface area contributed by atoms with Crippen LogP contribution in [0.2, 0.25) is 0 Å². The molecule has 0 aliphatic heterocycles. The number of sulfonamides is 1. The van der Waals surface area contributed by atoms with Crippen LogP contribution in [0.3, 0.4) is 0 Å². The number of anilines is 1. The molecule has 2 aromatic rings. The lowest BCUT2D eigenvalue weighted by molar-refractivity contribution is -0.118. The van der Waals surface area contributed by atoms with E-state index in [1.807, 2.05) is 19.9 Å². The smallest absolute Gasteiger partial charge is 0.261 e. The minimum absolute atomic E-state index is 0.0770. The number of hydrogen-bond acceptors (Lipinski definition) is 3. The average Bonchev–Trinajstić information content (AvgIpc) is 2.45. The molecule has 0 aromatic heterocycles. The van der Waals surface area contributed by atoms with E-state index in [0.717, 1.165) is 16.7 Å². The maximum absolute atomic E-state index is 12.5. The molecule has 0 aliphatic rings. The van der Waals surface area contributed by atoms with Crippen LogP contribution in [-0.2, 0) is 21.2 Å². The predicted molar refractivity (Wildman–Crippen MR) is 95.6 cm³/mol. The van der Waals surface area contributed by atoms with Gasteiger partial charge in [-0.2, -0.15) is 0 Å². The van der Waals surface area contributed by atoms with Crippen molar-refractivity contribution in [1.82, 2.24) is 5.32 Å². The fraction of sp³-hybridized carbons (Fsp3) is 0.278. The van der Waals surface area contributed by atoms with Crippen LogP contribution in [-0.4, -0.2) is 20.9 Å². The summed E-state index contributed by atoms with van der Waals surface area (Å²) in [6.07, 6.45) is 0.657. The van der Waals surface area contributed by atoms with E-state index in [2.05, 4.69) is 10.0 Å². The molecule has 6 heteroatoms. The van der Waals surface area contributed by atoms with Gasteiger partial charge in [0, 0.05) is 19.2 Å². The second-order valence-electron chi connectivity index (χ2n) is 5.86.